The molecule has 0 unspecified atom stereocenters. The molecule has 0 N–H and O–H groups in total. The molecule has 0 aliphatic carbocycles. The molecule has 4 nitrogen and oxygen atoms in total. The van der Waals surface area contributed by atoms with E-state index in [1.165, 1.54) is 0 Å². The zero-order valence-electron chi connectivity index (χ0n) is 11.9. The molecule has 1 aliphatic rings. The van der Waals surface area contributed by atoms with E-state index < -0.39 is 7.12 Å². The summed E-state index contributed by atoms with van der Waals surface area (Å²) in [5.74, 6) is 0. The van der Waals surface area contributed by atoms with Crippen LogP contribution in [0.4, 0.5) is 0 Å². The molecular formula is C13H17BN2O2S. The van der Waals surface area contributed by atoms with Gasteiger partial charge in [0.05, 0.1) is 21.8 Å². The summed E-state index contributed by atoms with van der Waals surface area (Å²) in [7, 11) is -0.406. The fraction of sp³-hybridized carbons (Fsp3) is 0.538. The Hall–Kier alpha value is -0.975. The first-order valence-electron chi connectivity index (χ1n) is 6.38. The highest BCUT2D eigenvalue weighted by Crippen LogP contribution is 2.36. The number of hydrogen-bond donors (Lipinski definition) is 0. The Bertz CT molecular complexity index is 623. The minimum Gasteiger partial charge on any atom is -0.398 e. The van der Waals surface area contributed by atoms with Crippen LogP contribution in [0.15, 0.2) is 12.1 Å². The van der Waals surface area contributed by atoms with Gasteiger partial charge in [-0.05, 0) is 46.8 Å². The predicted octanol–water partition coefficient (Wildman–Crippen LogP) is 2.30. The van der Waals surface area contributed by atoms with Crippen molar-refractivity contribution in [1.82, 2.24) is 9.97 Å². The zero-order valence-corrected chi connectivity index (χ0v) is 12.7. The second-order valence-corrected chi connectivity index (χ2v) is 7.06. The zero-order chi connectivity index (χ0) is 13.8. The minimum absolute atomic E-state index is 0.335. The Labute approximate surface area is 117 Å². The van der Waals surface area contributed by atoms with Gasteiger partial charge < -0.3 is 9.31 Å². The monoisotopic (exact) mass is 276 g/mol. The maximum Gasteiger partial charge on any atom is 0.514 e. The van der Waals surface area contributed by atoms with E-state index in [0.717, 1.165) is 20.9 Å². The lowest BCUT2D eigenvalue weighted by Crippen LogP contribution is -2.41. The average Bonchev–Trinajstić information content (AvgIpc) is 2.74. The third-order valence-corrected chi connectivity index (χ3v) is 4.76. The summed E-state index contributed by atoms with van der Waals surface area (Å²) in [4.78, 5) is 9.96. The molecule has 0 radical (unpaired) electrons. The Morgan fingerprint density at radius 2 is 1.68 bits per heavy atom. The summed E-state index contributed by atoms with van der Waals surface area (Å²) in [6.45, 7) is 10.2. The summed E-state index contributed by atoms with van der Waals surface area (Å²) in [6, 6.07) is 3.91. The van der Waals surface area contributed by atoms with Gasteiger partial charge in [0.15, 0.2) is 0 Å². The molecule has 2 aromatic heterocycles. The van der Waals surface area contributed by atoms with E-state index in [4.69, 9.17) is 9.31 Å². The van der Waals surface area contributed by atoms with Crippen LogP contribution in [0.5, 0.6) is 0 Å². The van der Waals surface area contributed by atoms with Gasteiger partial charge in [0.25, 0.3) is 0 Å². The van der Waals surface area contributed by atoms with Gasteiger partial charge in [-0.2, -0.15) is 0 Å². The van der Waals surface area contributed by atoms with Gasteiger partial charge in [0.2, 0.25) is 0 Å². The topological polar surface area (TPSA) is 44.2 Å². The van der Waals surface area contributed by atoms with Gasteiger partial charge in [0.1, 0.15) is 10.3 Å². The first kappa shape index (κ1) is 13.0. The van der Waals surface area contributed by atoms with Crippen LogP contribution in [0.1, 0.15) is 32.7 Å². The average molecular weight is 276 g/mol. The number of thiazole rings is 1. The fourth-order valence-corrected chi connectivity index (χ4v) is 2.83. The van der Waals surface area contributed by atoms with Crippen molar-refractivity contribution in [1.29, 1.82) is 0 Å². The summed E-state index contributed by atoms with van der Waals surface area (Å²) in [5, 5.41) is 1.02. The second kappa shape index (κ2) is 4.01. The van der Waals surface area contributed by atoms with Crippen molar-refractivity contribution in [3.63, 3.8) is 0 Å². The van der Waals surface area contributed by atoms with E-state index in [1.54, 1.807) is 11.3 Å². The van der Waals surface area contributed by atoms with Crippen LogP contribution in [0.2, 0.25) is 0 Å². The highest BCUT2D eigenvalue weighted by Gasteiger charge is 2.52. The Balaban J connectivity index is 1.97. The van der Waals surface area contributed by atoms with E-state index >= 15 is 0 Å². The standard InChI is InChI=1S/C13H17BN2O2S/c1-8-15-9-6-7-10(16-11(9)19-8)14-17-12(2,3)13(4,5)18-14/h6-7H,1-5H3. The molecule has 0 aromatic carbocycles. The molecule has 1 aliphatic heterocycles. The number of fused-ring (bicyclic) bond motifs is 1. The number of pyridine rings is 1. The van der Waals surface area contributed by atoms with Crippen molar-refractivity contribution >= 4 is 34.4 Å². The van der Waals surface area contributed by atoms with Crippen LogP contribution in [0.25, 0.3) is 10.3 Å². The SMILES string of the molecule is Cc1nc2ccc(B3OC(C)(C)C(C)(C)O3)nc2s1. The van der Waals surface area contributed by atoms with E-state index in [2.05, 4.69) is 9.97 Å². The molecule has 0 bridgehead atoms. The van der Waals surface area contributed by atoms with Gasteiger partial charge in [-0.25, -0.2) is 9.97 Å². The molecule has 2 aromatic rings. The van der Waals surface area contributed by atoms with E-state index in [-0.39, 0.29) is 11.2 Å². The highest BCUT2D eigenvalue weighted by molar-refractivity contribution is 7.18. The Morgan fingerprint density at radius 3 is 2.32 bits per heavy atom. The van der Waals surface area contributed by atoms with Gasteiger partial charge >= 0.3 is 7.12 Å². The molecule has 0 saturated carbocycles. The molecular weight excluding hydrogens is 259 g/mol. The largest absolute Gasteiger partial charge is 0.514 e. The number of hydrogen-bond acceptors (Lipinski definition) is 5. The molecule has 1 fully saturated rings. The quantitative estimate of drug-likeness (QED) is 0.750. The summed E-state index contributed by atoms with van der Waals surface area (Å²) >= 11 is 1.59. The van der Waals surface area contributed by atoms with Crippen LogP contribution in [-0.4, -0.2) is 28.3 Å². The molecule has 6 heteroatoms. The van der Waals surface area contributed by atoms with Crippen LogP contribution in [0.3, 0.4) is 0 Å². The van der Waals surface area contributed by atoms with Crippen molar-refractivity contribution in [2.75, 3.05) is 0 Å². The lowest BCUT2D eigenvalue weighted by molar-refractivity contribution is 0.00578. The van der Waals surface area contributed by atoms with Crippen molar-refractivity contribution in [2.45, 2.75) is 45.8 Å². The van der Waals surface area contributed by atoms with Gasteiger partial charge in [-0.15, -0.1) is 0 Å². The van der Waals surface area contributed by atoms with Crippen LogP contribution >= 0.6 is 11.3 Å². The molecule has 3 rings (SSSR count). The van der Waals surface area contributed by atoms with Crippen molar-refractivity contribution in [2.24, 2.45) is 0 Å². The van der Waals surface area contributed by atoms with Gasteiger partial charge in [-0.3, -0.25) is 0 Å². The highest BCUT2D eigenvalue weighted by atomic mass is 32.1. The molecule has 100 valence electrons. The lowest BCUT2D eigenvalue weighted by Gasteiger charge is -2.32. The number of aryl methyl sites for hydroxylation is 1. The number of nitrogens with zero attached hydrogens (tertiary/aromatic N) is 2. The molecule has 19 heavy (non-hydrogen) atoms. The Morgan fingerprint density at radius 1 is 1.05 bits per heavy atom. The number of rotatable bonds is 1. The predicted molar refractivity (Wildman–Crippen MR) is 77.9 cm³/mol. The van der Waals surface area contributed by atoms with E-state index in [0.29, 0.717) is 0 Å². The van der Waals surface area contributed by atoms with Gasteiger partial charge in [0, 0.05) is 0 Å². The molecule has 0 atom stereocenters. The minimum atomic E-state index is -0.406. The van der Waals surface area contributed by atoms with Crippen molar-refractivity contribution in [3.8, 4) is 0 Å². The van der Waals surface area contributed by atoms with E-state index in [9.17, 15) is 0 Å². The van der Waals surface area contributed by atoms with Crippen molar-refractivity contribution < 1.29 is 9.31 Å². The summed E-state index contributed by atoms with van der Waals surface area (Å²) in [5.41, 5.74) is 1.08. The third-order valence-electron chi connectivity index (χ3n) is 3.88. The molecule has 0 amide bonds. The van der Waals surface area contributed by atoms with Crippen LogP contribution < -0.4 is 5.59 Å². The normalized spacial score (nSPS) is 21.2. The molecule has 3 heterocycles. The maximum absolute atomic E-state index is 6.01. The van der Waals surface area contributed by atoms with Gasteiger partial charge in [-0.1, -0.05) is 11.3 Å². The number of aromatic nitrogens is 2. The molecule has 1 saturated heterocycles. The van der Waals surface area contributed by atoms with E-state index in [1.807, 2.05) is 46.8 Å². The maximum atomic E-state index is 6.01. The van der Waals surface area contributed by atoms with Crippen LogP contribution in [-0.2, 0) is 9.31 Å². The van der Waals surface area contributed by atoms with Crippen molar-refractivity contribution in [3.05, 3.63) is 17.1 Å². The first-order valence-corrected chi connectivity index (χ1v) is 7.20. The second-order valence-electron chi connectivity index (χ2n) is 5.88. The lowest BCUT2D eigenvalue weighted by atomic mass is 9.84. The fourth-order valence-electron chi connectivity index (χ4n) is 2.04. The van der Waals surface area contributed by atoms with Crippen LogP contribution in [0, 0.1) is 6.92 Å². The molecule has 0 spiro atoms. The first-order chi connectivity index (χ1) is 8.78. The third kappa shape index (κ3) is 2.08. The smallest absolute Gasteiger partial charge is 0.398 e. The summed E-state index contributed by atoms with van der Waals surface area (Å²) < 4.78 is 12.0. The summed E-state index contributed by atoms with van der Waals surface area (Å²) in [6.07, 6.45) is 0. The Kier molecular flexibility index (Phi) is 2.75.